The number of nitrogens with zero attached hydrogens (tertiary/aromatic N) is 2. The molecule has 3 heterocycles. The van der Waals surface area contributed by atoms with E-state index >= 15 is 0 Å². The van der Waals surface area contributed by atoms with Crippen LogP contribution in [0.5, 0.6) is 5.75 Å². The fraction of sp³-hybridized carbons (Fsp3) is 0.350. The summed E-state index contributed by atoms with van der Waals surface area (Å²) in [6, 6.07) is 12.3. The molecule has 130 valence electrons. The highest BCUT2D eigenvalue weighted by atomic mass is 16.5. The van der Waals surface area contributed by atoms with Crippen molar-refractivity contribution in [2.45, 2.75) is 18.8 Å². The number of aryl methyl sites for hydroxylation is 1. The van der Waals surface area contributed by atoms with Crippen LogP contribution in [0.2, 0.25) is 0 Å². The number of hydrogen-bond acceptors (Lipinski definition) is 2. The number of aromatic amines is 1. The number of rotatable bonds is 3. The van der Waals surface area contributed by atoms with E-state index in [4.69, 9.17) is 4.74 Å². The Hall–Kier alpha value is -2.69. The maximum Gasteiger partial charge on any atom is 0.270 e. The Bertz CT molecular complexity index is 883. The van der Waals surface area contributed by atoms with E-state index < -0.39 is 0 Å². The van der Waals surface area contributed by atoms with E-state index in [1.165, 1.54) is 5.56 Å². The highest BCUT2D eigenvalue weighted by Gasteiger charge is 2.25. The van der Waals surface area contributed by atoms with Gasteiger partial charge in [-0.25, -0.2) is 0 Å². The van der Waals surface area contributed by atoms with Gasteiger partial charge in [0, 0.05) is 26.3 Å². The average Bonchev–Trinajstić information content (AvgIpc) is 3.24. The Balaban J connectivity index is 1.42. The number of aromatic nitrogens is 2. The van der Waals surface area contributed by atoms with Gasteiger partial charge in [0.15, 0.2) is 0 Å². The lowest BCUT2D eigenvalue weighted by Crippen LogP contribution is -2.38. The molecule has 25 heavy (non-hydrogen) atoms. The van der Waals surface area contributed by atoms with Crippen LogP contribution >= 0.6 is 0 Å². The zero-order chi connectivity index (χ0) is 17.4. The molecule has 0 unspecified atom stereocenters. The largest absolute Gasteiger partial charge is 0.497 e. The third-order valence-electron chi connectivity index (χ3n) is 5.27. The first-order valence-corrected chi connectivity index (χ1v) is 8.73. The summed E-state index contributed by atoms with van der Waals surface area (Å²) in [4.78, 5) is 18.0. The number of nitrogens with one attached hydrogen (secondary N) is 1. The van der Waals surface area contributed by atoms with Crippen molar-refractivity contribution in [1.29, 1.82) is 0 Å². The molecule has 1 N–H and O–H groups in total. The normalized spacial score (nSPS) is 15.7. The molecule has 0 bridgehead atoms. The number of amides is 1. The molecule has 4 rings (SSSR count). The van der Waals surface area contributed by atoms with Crippen molar-refractivity contribution in [1.82, 2.24) is 14.5 Å². The fourth-order valence-electron chi connectivity index (χ4n) is 3.72. The number of piperidine rings is 1. The molecule has 1 aromatic carbocycles. The summed E-state index contributed by atoms with van der Waals surface area (Å²) in [5.41, 5.74) is 4.10. The first-order valence-electron chi connectivity index (χ1n) is 8.73. The summed E-state index contributed by atoms with van der Waals surface area (Å²) in [6.07, 6.45) is 3.99. The maximum atomic E-state index is 12.8. The molecule has 0 spiro atoms. The Morgan fingerprint density at radius 2 is 1.88 bits per heavy atom. The van der Waals surface area contributed by atoms with Crippen molar-refractivity contribution in [3.63, 3.8) is 0 Å². The molecule has 0 saturated carbocycles. The van der Waals surface area contributed by atoms with Crippen molar-refractivity contribution >= 4 is 16.9 Å². The third kappa shape index (κ3) is 2.90. The van der Waals surface area contributed by atoms with E-state index in [1.807, 2.05) is 47.0 Å². The van der Waals surface area contributed by atoms with Crippen LogP contribution in [0.3, 0.4) is 0 Å². The molecule has 1 fully saturated rings. The molecule has 1 aliphatic heterocycles. The zero-order valence-corrected chi connectivity index (χ0v) is 14.7. The summed E-state index contributed by atoms with van der Waals surface area (Å²) in [7, 11) is 3.67. The summed E-state index contributed by atoms with van der Waals surface area (Å²) < 4.78 is 7.25. The minimum absolute atomic E-state index is 0.101. The Morgan fingerprint density at radius 3 is 2.52 bits per heavy atom. The van der Waals surface area contributed by atoms with E-state index in [9.17, 15) is 4.79 Å². The second-order valence-corrected chi connectivity index (χ2v) is 6.75. The van der Waals surface area contributed by atoms with Gasteiger partial charge in [0.25, 0.3) is 5.91 Å². The average molecular weight is 337 g/mol. The van der Waals surface area contributed by atoms with Crippen LogP contribution < -0.4 is 4.74 Å². The van der Waals surface area contributed by atoms with Crippen LogP contribution in [-0.2, 0) is 7.05 Å². The lowest BCUT2D eigenvalue weighted by atomic mass is 9.89. The van der Waals surface area contributed by atoms with Crippen LogP contribution in [0.1, 0.15) is 34.8 Å². The second-order valence-electron chi connectivity index (χ2n) is 6.75. The van der Waals surface area contributed by atoms with Crippen LogP contribution in [0.4, 0.5) is 0 Å². The van der Waals surface area contributed by atoms with Crippen LogP contribution in [0.15, 0.2) is 42.6 Å². The third-order valence-corrected chi connectivity index (χ3v) is 5.27. The van der Waals surface area contributed by atoms with Gasteiger partial charge < -0.3 is 19.2 Å². The first-order chi connectivity index (χ1) is 12.2. The monoisotopic (exact) mass is 337 g/mol. The number of ether oxygens (including phenoxy) is 1. The summed E-state index contributed by atoms with van der Waals surface area (Å²) in [5, 5.41) is 0. The van der Waals surface area contributed by atoms with Crippen molar-refractivity contribution in [3.05, 3.63) is 53.9 Å². The number of carbonyl (C=O) groups excluding carboxylic acids is 1. The molecule has 0 aliphatic carbocycles. The predicted octanol–water partition coefficient (Wildman–Crippen LogP) is 3.53. The quantitative estimate of drug-likeness (QED) is 0.795. The van der Waals surface area contributed by atoms with Crippen molar-refractivity contribution in [2.24, 2.45) is 7.05 Å². The molecule has 5 nitrogen and oxygen atoms in total. The van der Waals surface area contributed by atoms with Gasteiger partial charge in [0.2, 0.25) is 0 Å². The lowest BCUT2D eigenvalue weighted by molar-refractivity contribution is 0.0708. The predicted molar refractivity (Wildman–Crippen MR) is 98.1 cm³/mol. The van der Waals surface area contributed by atoms with Gasteiger partial charge in [-0.15, -0.1) is 0 Å². The van der Waals surface area contributed by atoms with Gasteiger partial charge in [-0.2, -0.15) is 0 Å². The molecule has 0 radical (unpaired) electrons. The van der Waals surface area contributed by atoms with E-state index in [0.29, 0.717) is 11.6 Å². The van der Waals surface area contributed by atoms with Crippen molar-refractivity contribution in [3.8, 4) is 5.75 Å². The number of H-pyrrole nitrogens is 1. The fourth-order valence-corrected chi connectivity index (χ4v) is 3.72. The van der Waals surface area contributed by atoms with Crippen molar-refractivity contribution in [2.75, 3.05) is 20.2 Å². The zero-order valence-electron chi connectivity index (χ0n) is 14.7. The summed E-state index contributed by atoms with van der Waals surface area (Å²) >= 11 is 0. The smallest absolute Gasteiger partial charge is 0.270 e. The number of likely N-dealkylation sites (tertiary alicyclic amines) is 1. The summed E-state index contributed by atoms with van der Waals surface area (Å²) in [6.45, 7) is 1.59. The molecular weight excluding hydrogens is 314 g/mol. The first kappa shape index (κ1) is 15.8. The van der Waals surface area contributed by atoms with Crippen LogP contribution in [0, 0.1) is 0 Å². The number of methoxy groups -OCH3 is 1. The van der Waals surface area contributed by atoms with E-state index in [2.05, 4.69) is 17.1 Å². The highest BCUT2D eigenvalue weighted by molar-refractivity contribution is 5.97. The minimum atomic E-state index is 0.101. The number of fused-ring (bicyclic) bond motifs is 1. The Kier molecular flexibility index (Phi) is 3.99. The van der Waals surface area contributed by atoms with Gasteiger partial charge in [0.1, 0.15) is 11.4 Å². The molecule has 1 aliphatic rings. The van der Waals surface area contributed by atoms with Crippen LogP contribution in [-0.4, -0.2) is 40.6 Å². The number of carbonyl (C=O) groups is 1. The van der Waals surface area contributed by atoms with Crippen molar-refractivity contribution < 1.29 is 9.53 Å². The van der Waals surface area contributed by atoms with E-state index in [0.717, 1.165) is 42.7 Å². The van der Waals surface area contributed by atoms with Gasteiger partial charge in [-0.1, -0.05) is 12.1 Å². The lowest BCUT2D eigenvalue weighted by Gasteiger charge is -2.32. The van der Waals surface area contributed by atoms with Gasteiger partial charge >= 0.3 is 0 Å². The SMILES string of the molecule is COc1ccc(C2CCN(C(=O)c3cc4c(ccn4C)[nH]3)CC2)cc1. The van der Waals surface area contributed by atoms with E-state index in [1.54, 1.807) is 7.11 Å². The minimum Gasteiger partial charge on any atom is -0.497 e. The number of benzene rings is 1. The Labute approximate surface area is 147 Å². The van der Waals surface area contributed by atoms with Gasteiger partial charge in [-0.05, 0) is 48.6 Å². The maximum absolute atomic E-state index is 12.8. The topological polar surface area (TPSA) is 50.3 Å². The standard InChI is InChI=1S/C20H23N3O2/c1-22-10-9-17-19(22)13-18(21-17)20(24)23-11-7-15(8-12-23)14-3-5-16(25-2)6-4-14/h3-6,9-10,13,15,21H,7-8,11-12H2,1-2H3. The molecule has 5 heteroatoms. The molecule has 2 aromatic heterocycles. The van der Waals surface area contributed by atoms with Gasteiger partial charge in [0.05, 0.1) is 18.1 Å². The molecule has 0 atom stereocenters. The highest BCUT2D eigenvalue weighted by Crippen LogP contribution is 2.30. The molecule has 3 aromatic rings. The van der Waals surface area contributed by atoms with Gasteiger partial charge in [-0.3, -0.25) is 4.79 Å². The molecular formula is C20H23N3O2. The van der Waals surface area contributed by atoms with Crippen LogP contribution in [0.25, 0.3) is 11.0 Å². The number of hydrogen-bond donors (Lipinski definition) is 1. The Morgan fingerprint density at radius 1 is 1.16 bits per heavy atom. The van der Waals surface area contributed by atoms with E-state index in [-0.39, 0.29) is 5.91 Å². The second kappa shape index (κ2) is 6.31. The molecule has 1 amide bonds. The summed E-state index contributed by atoms with van der Waals surface area (Å²) in [5.74, 6) is 1.50. The molecule has 1 saturated heterocycles.